The molecule has 1 unspecified atom stereocenters. The van der Waals surface area contributed by atoms with Gasteiger partial charge in [0.1, 0.15) is 6.10 Å². The van der Waals surface area contributed by atoms with Crippen LogP contribution in [0.15, 0.2) is 22.8 Å². The van der Waals surface area contributed by atoms with Crippen molar-refractivity contribution in [3.8, 4) is 0 Å². The first-order valence-electron chi connectivity index (χ1n) is 14.3. The van der Waals surface area contributed by atoms with E-state index in [0.29, 0.717) is 37.2 Å². The SMILES string of the molecule is CC(=O)O[C@H]1C[C@@]2(C)[C@@H](C[C@@H](O)[C@H]3[C@@]4(C)CC[C@@H](O)[C@@H](C)C4CC[C@@]32C)C1=C(CCC=C(C)C)C(=O)[O-]. The quantitative estimate of drug-likeness (QED) is 0.321. The van der Waals surface area contributed by atoms with E-state index >= 15 is 0 Å². The first-order chi connectivity index (χ1) is 17.2. The Morgan fingerprint density at radius 3 is 2.32 bits per heavy atom. The van der Waals surface area contributed by atoms with Gasteiger partial charge in [0, 0.05) is 6.92 Å². The van der Waals surface area contributed by atoms with Gasteiger partial charge in [-0.1, -0.05) is 39.3 Å². The third kappa shape index (κ3) is 4.40. The van der Waals surface area contributed by atoms with Gasteiger partial charge in [0.05, 0.1) is 18.2 Å². The number of fused-ring (bicyclic) bond motifs is 5. The fourth-order valence-corrected chi connectivity index (χ4v) is 9.78. The molecule has 0 heterocycles. The number of rotatable bonds is 5. The lowest BCUT2D eigenvalue weighted by Gasteiger charge is -2.69. The molecule has 0 bridgehead atoms. The highest BCUT2D eigenvalue weighted by Crippen LogP contribution is 2.74. The van der Waals surface area contributed by atoms with Crippen LogP contribution in [-0.4, -0.2) is 40.5 Å². The predicted octanol–water partition coefficient (Wildman–Crippen LogP) is 4.33. The van der Waals surface area contributed by atoms with E-state index in [1.165, 1.54) is 6.92 Å². The van der Waals surface area contributed by atoms with Crippen molar-refractivity contribution >= 4 is 11.9 Å². The number of carboxylic acid groups (broad SMARTS) is 1. The standard InChI is InChI=1S/C31H48O6/c1-17(2)9-8-10-20(28(35)36)26-22-15-24(34)27-29(5)13-12-23(33)18(3)21(29)11-14-30(27,6)31(22,7)16-25(26)37-19(4)32/h9,18,21-25,27,33-34H,8,10-16H2,1-7H3,(H,35,36)/p-1/t18-,21?,22-,23+,24+,25-,27-,29-,30-,31-/m0/s1. The van der Waals surface area contributed by atoms with Gasteiger partial charge in [-0.25, -0.2) is 0 Å². The second-order valence-corrected chi connectivity index (χ2v) is 13.6. The molecule has 0 aromatic carbocycles. The topological polar surface area (TPSA) is 107 Å². The normalized spacial score (nSPS) is 46.2. The minimum atomic E-state index is -1.20. The van der Waals surface area contributed by atoms with Crippen molar-refractivity contribution in [2.24, 2.45) is 39.9 Å². The molecule has 0 saturated heterocycles. The molecule has 2 N–H and O–H groups in total. The Hall–Kier alpha value is -1.66. The molecule has 6 heteroatoms. The molecule has 10 atom stereocenters. The third-order valence-electron chi connectivity index (χ3n) is 11.6. The zero-order valence-electron chi connectivity index (χ0n) is 23.8. The van der Waals surface area contributed by atoms with Crippen LogP contribution >= 0.6 is 0 Å². The zero-order chi connectivity index (χ0) is 27.5. The Morgan fingerprint density at radius 2 is 1.73 bits per heavy atom. The van der Waals surface area contributed by atoms with Crippen molar-refractivity contribution < 1.29 is 29.6 Å². The lowest BCUT2D eigenvalue weighted by molar-refractivity contribution is -0.299. The van der Waals surface area contributed by atoms with Gasteiger partial charge in [-0.05, 0) is 116 Å². The number of ether oxygens (including phenoxy) is 1. The molecule has 0 aliphatic heterocycles. The minimum absolute atomic E-state index is 0.0318. The summed E-state index contributed by atoms with van der Waals surface area (Å²) in [6, 6.07) is 0. The van der Waals surface area contributed by atoms with E-state index in [-0.39, 0.29) is 45.7 Å². The van der Waals surface area contributed by atoms with Crippen LogP contribution in [0.3, 0.4) is 0 Å². The monoisotopic (exact) mass is 515 g/mol. The molecule has 208 valence electrons. The van der Waals surface area contributed by atoms with Crippen LogP contribution in [0.5, 0.6) is 0 Å². The zero-order valence-corrected chi connectivity index (χ0v) is 23.8. The van der Waals surface area contributed by atoms with Crippen LogP contribution in [0.2, 0.25) is 0 Å². The molecule has 0 amide bonds. The largest absolute Gasteiger partial charge is 0.545 e. The summed E-state index contributed by atoms with van der Waals surface area (Å²) in [5.74, 6) is -1.25. The van der Waals surface area contributed by atoms with Gasteiger partial charge in [0.2, 0.25) is 0 Å². The van der Waals surface area contributed by atoms with Crippen molar-refractivity contribution in [3.63, 3.8) is 0 Å². The second kappa shape index (κ2) is 9.82. The molecule has 4 fully saturated rings. The molecule has 0 aromatic rings. The average Bonchev–Trinajstić information content (AvgIpc) is 3.05. The molecule has 4 rings (SSSR count). The van der Waals surface area contributed by atoms with E-state index in [1.54, 1.807) is 0 Å². The van der Waals surface area contributed by atoms with Crippen LogP contribution in [0.4, 0.5) is 0 Å². The van der Waals surface area contributed by atoms with Gasteiger partial charge in [-0.2, -0.15) is 0 Å². The van der Waals surface area contributed by atoms with Crippen LogP contribution in [0.1, 0.15) is 99.8 Å². The van der Waals surface area contributed by atoms with Crippen LogP contribution < -0.4 is 5.11 Å². The summed E-state index contributed by atoms with van der Waals surface area (Å²) in [5.41, 5.74) is 1.31. The van der Waals surface area contributed by atoms with Crippen LogP contribution in [0, 0.1) is 39.9 Å². The van der Waals surface area contributed by atoms with Crippen molar-refractivity contribution in [1.82, 2.24) is 0 Å². The molecule has 0 radical (unpaired) electrons. The third-order valence-corrected chi connectivity index (χ3v) is 11.6. The summed E-state index contributed by atoms with van der Waals surface area (Å²) >= 11 is 0. The molecule has 4 saturated carbocycles. The predicted molar refractivity (Wildman–Crippen MR) is 140 cm³/mol. The lowest BCUT2D eigenvalue weighted by atomic mass is 9.36. The summed E-state index contributed by atoms with van der Waals surface area (Å²) < 4.78 is 5.84. The number of carboxylic acids is 1. The Balaban J connectivity index is 1.82. The van der Waals surface area contributed by atoms with Gasteiger partial charge >= 0.3 is 5.97 Å². The molecule has 37 heavy (non-hydrogen) atoms. The smallest absolute Gasteiger partial charge is 0.303 e. The van der Waals surface area contributed by atoms with Gasteiger partial charge in [-0.3, -0.25) is 4.79 Å². The highest BCUT2D eigenvalue weighted by atomic mass is 16.5. The maximum absolute atomic E-state index is 12.5. The van der Waals surface area contributed by atoms with E-state index in [1.807, 2.05) is 19.9 Å². The van der Waals surface area contributed by atoms with Crippen molar-refractivity contribution in [3.05, 3.63) is 22.8 Å². The summed E-state index contributed by atoms with van der Waals surface area (Å²) in [5, 5.41) is 35.0. The number of hydrogen-bond acceptors (Lipinski definition) is 6. The van der Waals surface area contributed by atoms with E-state index in [0.717, 1.165) is 31.3 Å². The Bertz CT molecular complexity index is 994. The average molecular weight is 516 g/mol. The number of hydrogen-bond donors (Lipinski definition) is 2. The van der Waals surface area contributed by atoms with E-state index < -0.39 is 24.1 Å². The second-order valence-electron chi connectivity index (χ2n) is 13.6. The number of carbonyl (C=O) groups excluding carboxylic acids is 2. The van der Waals surface area contributed by atoms with Crippen molar-refractivity contribution in [2.75, 3.05) is 0 Å². The van der Waals surface area contributed by atoms with Crippen LogP contribution in [-0.2, 0) is 14.3 Å². The number of aliphatic hydroxyl groups excluding tert-OH is 2. The number of esters is 1. The summed E-state index contributed by atoms with van der Waals surface area (Å²) in [6.45, 7) is 14.4. The molecule has 6 nitrogen and oxygen atoms in total. The molecular formula is C31H47O6-. The van der Waals surface area contributed by atoms with Gasteiger partial charge in [0.15, 0.2) is 0 Å². The number of aliphatic hydroxyl groups is 2. The first-order valence-corrected chi connectivity index (χ1v) is 14.3. The molecule has 4 aliphatic carbocycles. The maximum Gasteiger partial charge on any atom is 0.303 e. The van der Waals surface area contributed by atoms with E-state index in [4.69, 9.17) is 4.74 Å². The summed E-state index contributed by atoms with van der Waals surface area (Å²) in [4.78, 5) is 24.7. The van der Waals surface area contributed by atoms with Gasteiger partial charge in [-0.15, -0.1) is 0 Å². The maximum atomic E-state index is 12.5. The van der Waals surface area contributed by atoms with Crippen molar-refractivity contribution in [2.45, 2.75) is 118 Å². The minimum Gasteiger partial charge on any atom is -0.545 e. The summed E-state index contributed by atoms with van der Waals surface area (Å²) in [7, 11) is 0. The van der Waals surface area contributed by atoms with E-state index in [2.05, 4.69) is 27.7 Å². The van der Waals surface area contributed by atoms with Crippen molar-refractivity contribution in [1.29, 1.82) is 0 Å². The Labute approximate surface area is 222 Å². The lowest BCUT2D eigenvalue weighted by Crippen LogP contribution is -2.65. The number of allylic oxidation sites excluding steroid dienone is 2. The van der Waals surface area contributed by atoms with Gasteiger partial charge in [0.25, 0.3) is 0 Å². The Kier molecular flexibility index (Phi) is 7.53. The Morgan fingerprint density at radius 1 is 1.05 bits per heavy atom. The highest BCUT2D eigenvalue weighted by Gasteiger charge is 2.70. The van der Waals surface area contributed by atoms with Gasteiger partial charge < -0.3 is 24.9 Å². The molecule has 0 aromatic heterocycles. The van der Waals surface area contributed by atoms with E-state index in [9.17, 15) is 24.9 Å². The number of carbonyl (C=O) groups is 2. The molecular weight excluding hydrogens is 468 g/mol. The highest BCUT2D eigenvalue weighted by molar-refractivity contribution is 5.86. The molecule has 0 spiro atoms. The number of aliphatic carboxylic acids is 1. The summed E-state index contributed by atoms with van der Waals surface area (Å²) in [6.07, 6.45) is 5.92. The fourth-order valence-electron chi connectivity index (χ4n) is 9.78. The molecule has 4 aliphatic rings. The fraction of sp³-hybridized carbons (Fsp3) is 0.806. The van der Waals surface area contributed by atoms with Crippen LogP contribution in [0.25, 0.3) is 0 Å². The first kappa shape index (κ1) is 28.4.